The highest BCUT2D eigenvalue weighted by atomic mass is 16.3. The minimum absolute atomic E-state index is 0.0853. The second kappa shape index (κ2) is 5.46. The maximum atomic E-state index is 9.21. The van der Waals surface area contributed by atoms with E-state index in [1.165, 1.54) is 10.9 Å². The van der Waals surface area contributed by atoms with Gasteiger partial charge in [0.15, 0.2) is 0 Å². The first-order valence-electron chi connectivity index (χ1n) is 6.27. The van der Waals surface area contributed by atoms with Crippen LogP contribution in [0.3, 0.4) is 0 Å². The molecule has 1 aromatic heterocycles. The largest absolute Gasteiger partial charge is 0.396 e. The van der Waals surface area contributed by atoms with Gasteiger partial charge in [0.25, 0.3) is 0 Å². The van der Waals surface area contributed by atoms with Crippen molar-refractivity contribution in [2.75, 3.05) is 13.2 Å². The second-order valence-corrected chi connectivity index (χ2v) is 5.42. The van der Waals surface area contributed by atoms with Gasteiger partial charge in [0.2, 0.25) is 0 Å². The van der Waals surface area contributed by atoms with E-state index in [0.29, 0.717) is 0 Å². The zero-order chi connectivity index (χ0) is 13.0. The predicted molar refractivity (Wildman–Crippen MR) is 74.3 cm³/mol. The lowest BCUT2D eigenvalue weighted by Gasteiger charge is -2.22. The fourth-order valence-electron chi connectivity index (χ4n) is 1.90. The van der Waals surface area contributed by atoms with Gasteiger partial charge in [-0.3, -0.25) is 4.98 Å². The van der Waals surface area contributed by atoms with E-state index in [1.54, 1.807) is 0 Å². The Balaban J connectivity index is 2.08. The van der Waals surface area contributed by atoms with E-state index in [4.69, 9.17) is 0 Å². The molecule has 0 amide bonds. The van der Waals surface area contributed by atoms with Gasteiger partial charge in [-0.2, -0.15) is 0 Å². The number of benzene rings is 1. The molecule has 3 heteroatoms. The van der Waals surface area contributed by atoms with Crippen LogP contribution in [0.1, 0.15) is 19.4 Å². The summed E-state index contributed by atoms with van der Waals surface area (Å²) in [4.78, 5) is 4.43. The first-order valence-corrected chi connectivity index (χ1v) is 6.27. The van der Waals surface area contributed by atoms with E-state index < -0.39 is 0 Å². The molecule has 0 bridgehead atoms. The maximum Gasteiger partial charge on any atom is 0.0746 e. The van der Waals surface area contributed by atoms with Crippen LogP contribution in [0.5, 0.6) is 0 Å². The van der Waals surface area contributed by atoms with Crippen molar-refractivity contribution in [1.29, 1.82) is 0 Å². The Kier molecular flexibility index (Phi) is 3.94. The SMILES string of the molecule is CC(C)(CO)CNCc1cccc2cccnc12. The summed E-state index contributed by atoms with van der Waals surface area (Å²) in [6.45, 7) is 5.83. The van der Waals surface area contributed by atoms with Crippen LogP contribution in [0.25, 0.3) is 10.9 Å². The van der Waals surface area contributed by atoms with Crippen LogP contribution in [0.4, 0.5) is 0 Å². The van der Waals surface area contributed by atoms with Gasteiger partial charge < -0.3 is 10.4 Å². The molecule has 0 aliphatic heterocycles. The lowest BCUT2D eigenvalue weighted by molar-refractivity contribution is 0.157. The van der Waals surface area contributed by atoms with E-state index >= 15 is 0 Å². The van der Waals surface area contributed by atoms with Gasteiger partial charge >= 0.3 is 0 Å². The third-order valence-electron chi connectivity index (χ3n) is 3.06. The molecule has 0 unspecified atom stereocenters. The Bertz CT molecular complexity index is 517. The summed E-state index contributed by atoms with van der Waals surface area (Å²) in [5.74, 6) is 0. The number of hydrogen-bond donors (Lipinski definition) is 2. The molecule has 2 rings (SSSR count). The number of aromatic nitrogens is 1. The predicted octanol–water partition coefficient (Wildman–Crippen LogP) is 2.34. The lowest BCUT2D eigenvalue weighted by Crippen LogP contribution is -2.31. The highest BCUT2D eigenvalue weighted by molar-refractivity contribution is 5.81. The summed E-state index contributed by atoms with van der Waals surface area (Å²) in [6.07, 6.45) is 1.82. The summed E-state index contributed by atoms with van der Waals surface area (Å²) in [5.41, 5.74) is 2.16. The summed E-state index contributed by atoms with van der Waals surface area (Å²) < 4.78 is 0. The van der Waals surface area contributed by atoms with Crippen LogP contribution in [0.2, 0.25) is 0 Å². The summed E-state index contributed by atoms with van der Waals surface area (Å²) in [6, 6.07) is 10.2. The average molecular weight is 244 g/mol. The Hall–Kier alpha value is -1.45. The molecule has 0 saturated heterocycles. The zero-order valence-electron chi connectivity index (χ0n) is 11.0. The molecule has 0 aliphatic carbocycles. The molecular formula is C15H20N2O. The number of hydrogen-bond acceptors (Lipinski definition) is 3. The van der Waals surface area contributed by atoms with E-state index in [9.17, 15) is 5.11 Å². The first kappa shape index (κ1) is 13.0. The number of nitrogens with one attached hydrogen (secondary N) is 1. The Morgan fingerprint density at radius 3 is 2.78 bits per heavy atom. The van der Waals surface area contributed by atoms with E-state index in [1.807, 2.05) is 26.1 Å². The topological polar surface area (TPSA) is 45.1 Å². The Morgan fingerprint density at radius 1 is 1.22 bits per heavy atom. The Morgan fingerprint density at radius 2 is 2.00 bits per heavy atom. The van der Waals surface area contributed by atoms with Crippen molar-refractivity contribution in [3.05, 3.63) is 42.1 Å². The minimum atomic E-state index is -0.0853. The second-order valence-electron chi connectivity index (χ2n) is 5.42. The van der Waals surface area contributed by atoms with Crippen LogP contribution in [-0.2, 0) is 6.54 Å². The summed E-state index contributed by atoms with van der Waals surface area (Å²) in [7, 11) is 0. The highest BCUT2D eigenvalue weighted by Crippen LogP contribution is 2.16. The van der Waals surface area contributed by atoms with Crippen molar-refractivity contribution >= 4 is 10.9 Å². The fraction of sp³-hybridized carbons (Fsp3) is 0.400. The molecule has 96 valence electrons. The van der Waals surface area contributed by atoms with Crippen LogP contribution in [0, 0.1) is 5.41 Å². The fourth-order valence-corrected chi connectivity index (χ4v) is 1.90. The number of fused-ring (bicyclic) bond motifs is 1. The molecule has 2 aromatic rings. The van der Waals surface area contributed by atoms with Crippen LogP contribution in [-0.4, -0.2) is 23.2 Å². The van der Waals surface area contributed by atoms with Crippen molar-refractivity contribution in [3.63, 3.8) is 0 Å². The lowest BCUT2D eigenvalue weighted by atomic mass is 9.95. The molecule has 0 spiro atoms. The van der Waals surface area contributed by atoms with Crippen LogP contribution >= 0.6 is 0 Å². The molecule has 0 fully saturated rings. The maximum absolute atomic E-state index is 9.21. The van der Waals surface area contributed by atoms with Crippen molar-refractivity contribution in [2.45, 2.75) is 20.4 Å². The zero-order valence-corrected chi connectivity index (χ0v) is 11.0. The van der Waals surface area contributed by atoms with Crippen molar-refractivity contribution in [1.82, 2.24) is 10.3 Å². The molecular weight excluding hydrogens is 224 g/mol. The molecule has 0 saturated carbocycles. The molecule has 1 aromatic carbocycles. The summed E-state index contributed by atoms with van der Waals surface area (Å²) >= 11 is 0. The Labute approximate surface area is 108 Å². The van der Waals surface area contributed by atoms with Crippen LogP contribution in [0.15, 0.2) is 36.5 Å². The van der Waals surface area contributed by atoms with Crippen LogP contribution < -0.4 is 5.32 Å². The monoisotopic (exact) mass is 244 g/mol. The van der Waals surface area contributed by atoms with Gasteiger partial charge in [0.05, 0.1) is 5.52 Å². The van der Waals surface area contributed by atoms with Gasteiger partial charge in [-0.05, 0) is 11.6 Å². The number of aliphatic hydroxyl groups excluding tert-OH is 1. The van der Waals surface area contributed by atoms with E-state index in [0.717, 1.165) is 18.6 Å². The van der Waals surface area contributed by atoms with Gasteiger partial charge in [-0.15, -0.1) is 0 Å². The normalized spacial score (nSPS) is 11.9. The van der Waals surface area contributed by atoms with Gasteiger partial charge in [-0.1, -0.05) is 38.1 Å². The third-order valence-corrected chi connectivity index (χ3v) is 3.06. The first-order chi connectivity index (χ1) is 8.62. The number of para-hydroxylation sites is 1. The standard InChI is InChI=1S/C15H20N2O/c1-15(2,11-18)10-16-9-13-6-3-5-12-7-4-8-17-14(12)13/h3-8,16,18H,9-11H2,1-2H3. The van der Waals surface area contributed by atoms with E-state index in [2.05, 4.69) is 34.6 Å². The number of aliphatic hydroxyl groups is 1. The summed E-state index contributed by atoms with van der Waals surface area (Å²) in [5, 5.41) is 13.8. The quantitative estimate of drug-likeness (QED) is 0.848. The van der Waals surface area contributed by atoms with Gasteiger partial charge in [-0.25, -0.2) is 0 Å². The molecule has 0 atom stereocenters. The van der Waals surface area contributed by atoms with Crippen molar-refractivity contribution in [2.24, 2.45) is 5.41 Å². The average Bonchev–Trinajstić information content (AvgIpc) is 2.39. The van der Waals surface area contributed by atoms with Gasteiger partial charge in [0, 0.05) is 36.7 Å². The molecule has 1 heterocycles. The highest BCUT2D eigenvalue weighted by Gasteiger charge is 2.15. The number of rotatable bonds is 5. The molecule has 18 heavy (non-hydrogen) atoms. The molecule has 2 N–H and O–H groups in total. The molecule has 0 aliphatic rings. The van der Waals surface area contributed by atoms with Crippen molar-refractivity contribution in [3.8, 4) is 0 Å². The minimum Gasteiger partial charge on any atom is -0.396 e. The number of nitrogens with zero attached hydrogens (tertiary/aromatic N) is 1. The third kappa shape index (κ3) is 3.06. The molecule has 0 radical (unpaired) electrons. The smallest absolute Gasteiger partial charge is 0.0746 e. The van der Waals surface area contributed by atoms with E-state index in [-0.39, 0.29) is 12.0 Å². The number of pyridine rings is 1. The van der Waals surface area contributed by atoms with Gasteiger partial charge in [0.1, 0.15) is 0 Å². The molecule has 3 nitrogen and oxygen atoms in total. The van der Waals surface area contributed by atoms with Crippen molar-refractivity contribution < 1.29 is 5.11 Å².